The van der Waals surface area contributed by atoms with Crippen molar-refractivity contribution in [2.45, 2.75) is 77.8 Å². The van der Waals surface area contributed by atoms with Gasteiger partial charge >= 0.3 is 14.2 Å². The van der Waals surface area contributed by atoms with Gasteiger partial charge in [-0.25, -0.2) is 0 Å². The van der Waals surface area contributed by atoms with Crippen LogP contribution >= 0.6 is 0 Å². The van der Waals surface area contributed by atoms with Gasteiger partial charge in [-0.05, 0) is 146 Å². The molecule has 4 nitrogen and oxygen atoms in total. The van der Waals surface area contributed by atoms with Crippen LogP contribution in [0.15, 0.2) is 121 Å². The zero-order valence-electron chi connectivity index (χ0n) is 30.3. The Balaban J connectivity index is 1.40. The molecule has 2 heterocycles. The van der Waals surface area contributed by atoms with Crippen molar-refractivity contribution in [1.82, 2.24) is 0 Å². The zero-order chi connectivity index (χ0) is 35.1. The van der Waals surface area contributed by atoms with Gasteiger partial charge in [0.05, 0.1) is 22.4 Å². The van der Waals surface area contributed by atoms with Crippen LogP contribution in [0.4, 0.5) is 0 Å². The highest BCUT2D eigenvalue weighted by Crippen LogP contribution is 2.41. The highest BCUT2D eigenvalue weighted by molar-refractivity contribution is 6.73. The lowest BCUT2D eigenvalue weighted by atomic mass is 9.66. The van der Waals surface area contributed by atoms with Gasteiger partial charge in [-0.1, -0.05) is 97.1 Å². The lowest BCUT2D eigenvalue weighted by Crippen LogP contribution is -2.41. The van der Waals surface area contributed by atoms with E-state index < -0.39 is 36.6 Å². The summed E-state index contributed by atoms with van der Waals surface area (Å²) in [6, 6.07) is 43.4. The molecule has 0 aliphatic carbocycles. The van der Waals surface area contributed by atoms with E-state index in [2.05, 4.69) is 177 Å². The van der Waals surface area contributed by atoms with Gasteiger partial charge < -0.3 is 18.6 Å². The summed E-state index contributed by atoms with van der Waals surface area (Å²) in [5.41, 5.74) is 7.04. The molecule has 0 atom stereocenters. The maximum absolute atomic E-state index is 6.81. The minimum absolute atomic E-state index is 0.485. The second-order valence-corrected chi connectivity index (χ2v) is 15.8. The van der Waals surface area contributed by atoms with Crippen LogP contribution in [0.25, 0.3) is 54.9 Å². The predicted octanol–water partition coefficient (Wildman–Crippen LogP) is 9.59. The van der Waals surface area contributed by atoms with E-state index in [-0.39, 0.29) is 0 Å². The van der Waals surface area contributed by atoms with E-state index in [0.29, 0.717) is 0 Å². The highest BCUT2D eigenvalue weighted by atomic mass is 16.7. The van der Waals surface area contributed by atoms with Gasteiger partial charge in [-0.3, -0.25) is 0 Å². The van der Waals surface area contributed by atoms with Crippen molar-refractivity contribution in [3.05, 3.63) is 121 Å². The molecule has 250 valence electrons. The minimum Gasteiger partial charge on any atom is -0.399 e. The highest BCUT2D eigenvalue weighted by Gasteiger charge is 2.55. The maximum Gasteiger partial charge on any atom is 0.496 e. The lowest BCUT2D eigenvalue weighted by Gasteiger charge is -2.32. The van der Waals surface area contributed by atoms with Gasteiger partial charge in [0.2, 0.25) is 0 Å². The summed E-state index contributed by atoms with van der Waals surface area (Å²) in [4.78, 5) is 0. The molecule has 0 bridgehead atoms. The van der Waals surface area contributed by atoms with Crippen LogP contribution in [0.5, 0.6) is 0 Å². The molecule has 0 radical (unpaired) electrons. The lowest BCUT2D eigenvalue weighted by molar-refractivity contribution is 0.00578. The first-order valence-corrected chi connectivity index (χ1v) is 17.7. The molecule has 0 spiro atoms. The van der Waals surface area contributed by atoms with Crippen molar-refractivity contribution in [2.75, 3.05) is 0 Å². The number of fused-ring (bicyclic) bond motifs is 2. The SMILES string of the molecule is CC1(C)OB(c2c3ccccc3c(B3OC(C)(C)C(C)(C)O3)c3cc(-c4cc(-c5ccccc5)cc(-c5ccccc5)c4)ccc23)OC1(C)C. The monoisotopic (exact) mass is 658 g/mol. The third kappa shape index (κ3) is 5.41. The molecule has 2 aliphatic heterocycles. The van der Waals surface area contributed by atoms with Gasteiger partial charge in [-0.2, -0.15) is 0 Å². The summed E-state index contributed by atoms with van der Waals surface area (Å²) in [5, 5.41) is 4.28. The van der Waals surface area contributed by atoms with Crippen molar-refractivity contribution in [1.29, 1.82) is 0 Å². The Hall–Kier alpha value is -4.19. The van der Waals surface area contributed by atoms with Crippen molar-refractivity contribution < 1.29 is 18.6 Å². The molecule has 8 rings (SSSR count). The van der Waals surface area contributed by atoms with Crippen molar-refractivity contribution in [2.24, 2.45) is 0 Å². The molecule has 0 N–H and O–H groups in total. The predicted molar refractivity (Wildman–Crippen MR) is 209 cm³/mol. The van der Waals surface area contributed by atoms with Gasteiger partial charge in [-0.15, -0.1) is 0 Å². The van der Waals surface area contributed by atoms with E-state index in [4.69, 9.17) is 18.6 Å². The third-order valence-electron chi connectivity index (χ3n) is 11.6. The standard InChI is InChI=1S/C44H44B2O4/c1-41(2)42(3,4)48-45(47-41)39-35-21-15-16-22-36(35)40(46-49-43(5,6)44(7,8)50-46)38-28-31(23-24-37(38)39)34-26-32(29-17-11-9-12-18-29)25-33(27-34)30-19-13-10-14-20-30/h9-28H,1-8H3. The first-order valence-electron chi connectivity index (χ1n) is 17.7. The van der Waals surface area contributed by atoms with Crippen LogP contribution in [0.1, 0.15) is 55.4 Å². The Morgan fingerprint density at radius 2 is 0.660 bits per heavy atom. The summed E-state index contributed by atoms with van der Waals surface area (Å²) < 4.78 is 27.1. The van der Waals surface area contributed by atoms with Gasteiger partial charge in [0.15, 0.2) is 0 Å². The van der Waals surface area contributed by atoms with E-state index in [1.807, 2.05) is 0 Å². The van der Waals surface area contributed by atoms with Crippen LogP contribution in [-0.2, 0) is 18.6 Å². The van der Waals surface area contributed by atoms with E-state index in [0.717, 1.165) is 43.6 Å². The number of rotatable bonds is 5. The second-order valence-electron chi connectivity index (χ2n) is 15.8. The Kier molecular flexibility index (Phi) is 7.70. The fourth-order valence-electron chi connectivity index (χ4n) is 7.24. The molecule has 6 aromatic rings. The van der Waals surface area contributed by atoms with Gasteiger partial charge in [0.25, 0.3) is 0 Å². The summed E-state index contributed by atoms with van der Waals surface area (Å²) in [7, 11) is -1.11. The number of benzene rings is 6. The minimum atomic E-state index is -0.564. The molecule has 0 saturated carbocycles. The largest absolute Gasteiger partial charge is 0.496 e. The summed E-state index contributed by atoms with van der Waals surface area (Å²) in [5.74, 6) is 0. The average molecular weight is 658 g/mol. The van der Waals surface area contributed by atoms with Crippen molar-refractivity contribution in [3.63, 3.8) is 0 Å². The molecule has 0 amide bonds. The van der Waals surface area contributed by atoms with Gasteiger partial charge in [0.1, 0.15) is 0 Å². The third-order valence-corrected chi connectivity index (χ3v) is 11.6. The normalized spacial score (nSPS) is 19.0. The average Bonchev–Trinajstić information content (AvgIpc) is 3.45. The van der Waals surface area contributed by atoms with Crippen LogP contribution < -0.4 is 10.9 Å². The molecule has 0 unspecified atom stereocenters. The molecule has 2 fully saturated rings. The molecule has 6 aromatic carbocycles. The van der Waals surface area contributed by atoms with Gasteiger partial charge in [0, 0.05) is 0 Å². The smallest absolute Gasteiger partial charge is 0.399 e. The Morgan fingerprint density at radius 3 is 1.08 bits per heavy atom. The molecule has 2 aliphatic rings. The number of hydrogen-bond donors (Lipinski definition) is 0. The van der Waals surface area contributed by atoms with Crippen molar-refractivity contribution in [3.8, 4) is 33.4 Å². The van der Waals surface area contributed by atoms with E-state index in [1.54, 1.807) is 0 Å². The Labute approximate surface area is 297 Å². The summed E-state index contributed by atoms with van der Waals surface area (Å²) in [6.07, 6.45) is 0. The first kappa shape index (κ1) is 33.0. The molecular formula is C44H44B2O4. The zero-order valence-corrected chi connectivity index (χ0v) is 30.3. The topological polar surface area (TPSA) is 36.9 Å². The second kappa shape index (κ2) is 11.7. The molecule has 2 saturated heterocycles. The summed E-state index contributed by atoms with van der Waals surface area (Å²) >= 11 is 0. The number of hydrogen-bond acceptors (Lipinski definition) is 4. The fraction of sp³-hybridized carbons (Fsp3) is 0.273. The van der Waals surface area contributed by atoms with Crippen LogP contribution in [0.3, 0.4) is 0 Å². The van der Waals surface area contributed by atoms with E-state index in [1.165, 1.54) is 22.3 Å². The molecular weight excluding hydrogens is 614 g/mol. The van der Waals surface area contributed by atoms with Crippen LogP contribution in [0, 0.1) is 0 Å². The maximum atomic E-state index is 6.81. The molecule has 50 heavy (non-hydrogen) atoms. The van der Waals surface area contributed by atoms with Crippen molar-refractivity contribution >= 4 is 46.7 Å². The Bertz CT molecular complexity index is 2150. The van der Waals surface area contributed by atoms with Crippen LogP contribution in [-0.4, -0.2) is 36.6 Å². The Morgan fingerprint density at radius 1 is 0.320 bits per heavy atom. The van der Waals surface area contributed by atoms with E-state index >= 15 is 0 Å². The molecule has 6 heteroatoms. The molecule has 0 aromatic heterocycles. The fourth-order valence-corrected chi connectivity index (χ4v) is 7.24. The quantitative estimate of drug-likeness (QED) is 0.137. The van der Waals surface area contributed by atoms with E-state index in [9.17, 15) is 0 Å². The first-order chi connectivity index (χ1) is 23.7. The summed E-state index contributed by atoms with van der Waals surface area (Å²) in [6.45, 7) is 16.9. The van der Waals surface area contributed by atoms with Crippen LogP contribution in [0.2, 0.25) is 0 Å².